The monoisotopic (exact) mass is 394 g/mol. The van der Waals surface area contributed by atoms with E-state index in [4.69, 9.17) is 9.47 Å². The first-order valence-electron chi connectivity index (χ1n) is 10.0. The van der Waals surface area contributed by atoms with Crippen LogP contribution in [0.4, 0.5) is 0 Å². The van der Waals surface area contributed by atoms with E-state index in [-0.39, 0.29) is 11.9 Å². The number of fused-ring (bicyclic) bond motifs is 1. The molecule has 1 saturated heterocycles. The Hall–Kier alpha value is -3.09. The third kappa shape index (κ3) is 3.90. The van der Waals surface area contributed by atoms with Crippen molar-refractivity contribution in [2.24, 2.45) is 0 Å². The molecule has 0 bridgehead atoms. The van der Waals surface area contributed by atoms with Gasteiger partial charge in [-0.1, -0.05) is 6.07 Å². The minimum absolute atomic E-state index is 0.0260. The third-order valence-corrected chi connectivity index (χ3v) is 5.61. The van der Waals surface area contributed by atoms with Crippen LogP contribution in [0.3, 0.4) is 0 Å². The van der Waals surface area contributed by atoms with E-state index in [1.165, 1.54) is 5.56 Å². The summed E-state index contributed by atoms with van der Waals surface area (Å²) < 4.78 is 12.4. The molecule has 1 atom stereocenters. The van der Waals surface area contributed by atoms with E-state index in [2.05, 4.69) is 16.1 Å². The van der Waals surface area contributed by atoms with Crippen molar-refractivity contribution in [3.63, 3.8) is 0 Å². The summed E-state index contributed by atoms with van der Waals surface area (Å²) in [5.74, 6) is 1.49. The van der Waals surface area contributed by atoms with Gasteiger partial charge in [0.1, 0.15) is 5.69 Å². The summed E-state index contributed by atoms with van der Waals surface area (Å²) in [4.78, 5) is 19.6. The van der Waals surface area contributed by atoms with Crippen LogP contribution in [0.5, 0.6) is 11.5 Å². The smallest absolute Gasteiger partial charge is 0.272 e. The summed E-state index contributed by atoms with van der Waals surface area (Å²) in [7, 11) is 3.28. The van der Waals surface area contributed by atoms with Gasteiger partial charge in [-0.15, -0.1) is 0 Å². The van der Waals surface area contributed by atoms with Gasteiger partial charge in [-0.25, -0.2) is 9.50 Å². The zero-order chi connectivity index (χ0) is 20.2. The molecule has 3 heterocycles. The summed E-state index contributed by atoms with van der Waals surface area (Å²) in [5.41, 5.74) is 2.44. The molecule has 0 N–H and O–H groups in total. The molecule has 0 saturated carbocycles. The van der Waals surface area contributed by atoms with Gasteiger partial charge in [-0.05, 0) is 55.9 Å². The molecule has 0 aliphatic carbocycles. The molecule has 3 aromatic rings. The Morgan fingerprint density at radius 1 is 1.10 bits per heavy atom. The lowest BCUT2D eigenvalue weighted by Crippen LogP contribution is -2.44. The third-order valence-electron chi connectivity index (χ3n) is 5.61. The van der Waals surface area contributed by atoms with Gasteiger partial charge in [0.05, 0.1) is 20.4 Å². The molecule has 1 aromatic carbocycles. The lowest BCUT2D eigenvalue weighted by molar-refractivity contribution is 0.0592. The lowest BCUT2D eigenvalue weighted by Gasteiger charge is -2.36. The van der Waals surface area contributed by atoms with Crippen LogP contribution in [0.25, 0.3) is 5.65 Å². The van der Waals surface area contributed by atoms with Gasteiger partial charge in [0.15, 0.2) is 17.1 Å². The second-order valence-electron chi connectivity index (χ2n) is 7.31. The lowest BCUT2D eigenvalue weighted by atomic mass is 9.95. The molecule has 4 rings (SSSR count). The van der Waals surface area contributed by atoms with Crippen molar-refractivity contribution in [2.45, 2.75) is 38.1 Å². The van der Waals surface area contributed by atoms with Gasteiger partial charge in [0, 0.05) is 24.8 Å². The molecule has 1 aliphatic heterocycles. The van der Waals surface area contributed by atoms with E-state index in [0.29, 0.717) is 11.3 Å². The van der Waals surface area contributed by atoms with Crippen LogP contribution in [0, 0.1) is 0 Å². The van der Waals surface area contributed by atoms with Crippen molar-refractivity contribution < 1.29 is 14.3 Å². The molecule has 7 heteroatoms. The quantitative estimate of drug-likeness (QED) is 0.641. The molecular formula is C22H26N4O3. The largest absolute Gasteiger partial charge is 0.493 e. The summed E-state index contributed by atoms with van der Waals surface area (Å²) >= 11 is 0. The molecule has 1 unspecified atom stereocenters. The Morgan fingerprint density at radius 3 is 2.79 bits per heavy atom. The van der Waals surface area contributed by atoms with Gasteiger partial charge in [0.2, 0.25) is 0 Å². The molecule has 1 fully saturated rings. The average Bonchev–Trinajstić information content (AvgIpc) is 3.26. The van der Waals surface area contributed by atoms with Gasteiger partial charge in [-0.2, -0.15) is 5.10 Å². The molecule has 1 aliphatic rings. The van der Waals surface area contributed by atoms with Crippen molar-refractivity contribution in [3.8, 4) is 11.5 Å². The van der Waals surface area contributed by atoms with Crippen LogP contribution in [0.2, 0.25) is 0 Å². The number of likely N-dealkylation sites (tertiary alicyclic amines) is 1. The highest BCUT2D eigenvalue weighted by Gasteiger charge is 2.28. The number of carbonyl (C=O) groups is 1. The topological polar surface area (TPSA) is 69.0 Å². The second-order valence-corrected chi connectivity index (χ2v) is 7.31. The van der Waals surface area contributed by atoms with E-state index in [9.17, 15) is 4.79 Å². The number of hydrogen-bond donors (Lipinski definition) is 0. The first-order chi connectivity index (χ1) is 14.2. The summed E-state index contributed by atoms with van der Waals surface area (Å²) in [6.45, 7) is 0.778. The van der Waals surface area contributed by atoms with Crippen LogP contribution in [0.15, 0.2) is 42.7 Å². The zero-order valence-electron chi connectivity index (χ0n) is 16.9. The number of carbonyl (C=O) groups excluding carboxylic acids is 1. The van der Waals surface area contributed by atoms with Crippen molar-refractivity contribution in [2.75, 3.05) is 20.8 Å². The number of amides is 1. The highest BCUT2D eigenvalue weighted by atomic mass is 16.5. The SMILES string of the molecule is COc1ccc(CCC2CCCCN2C(=O)c2ccnc3ccnn23)cc1OC. The van der Waals surface area contributed by atoms with Crippen molar-refractivity contribution in [3.05, 3.63) is 54.0 Å². The Bertz CT molecular complexity index is 1000. The standard InChI is InChI=1S/C22H26N4O3/c1-28-19-9-7-16(15-20(19)29-2)6-8-17-5-3-4-14-25(17)22(27)18-10-12-23-21-11-13-24-26(18)21/h7,9-13,15,17H,3-6,8,14H2,1-2H3. The minimum Gasteiger partial charge on any atom is -0.493 e. The van der Waals surface area contributed by atoms with Gasteiger partial charge in [-0.3, -0.25) is 4.79 Å². The molecule has 0 spiro atoms. The van der Waals surface area contributed by atoms with E-state index in [0.717, 1.165) is 50.1 Å². The number of benzene rings is 1. The highest BCUT2D eigenvalue weighted by Crippen LogP contribution is 2.29. The van der Waals surface area contributed by atoms with Gasteiger partial charge in [0.25, 0.3) is 5.91 Å². The summed E-state index contributed by atoms with van der Waals surface area (Å²) in [5, 5.41) is 4.27. The molecular weight excluding hydrogens is 368 g/mol. The molecule has 0 radical (unpaired) electrons. The number of piperidine rings is 1. The fourth-order valence-electron chi connectivity index (χ4n) is 4.08. The maximum Gasteiger partial charge on any atom is 0.272 e. The fourth-order valence-corrected chi connectivity index (χ4v) is 4.08. The maximum absolute atomic E-state index is 13.3. The van der Waals surface area contributed by atoms with E-state index < -0.39 is 0 Å². The average molecular weight is 394 g/mol. The maximum atomic E-state index is 13.3. The summed E-state index contributed by atoms with van der Waals surface area (Å²) in [6.07, 6.45) is 8.33. The van der Waals surface area contributed by atoms with Crippen molar-refractivity contribution in [1.29, 1.82) is 0 Å². The molecule has 1 amide bonds. The van der Waals surface area contributed by atoms with Crippen molar-refractivity contribution in [1.82, 2.24) is 19.5 Å². The Kier molecular flexibility index (Phi) is 5.64. The molecule has 152 valence electrons. The van der Waals surface area contributed by atoms with Crippen LogP contribution >= 0.6 is 0 Å². The van der Waals surface area contributed by atoms with Crippen LogP contribution < -0.4 is 9.47 Å². The first kappa shape index (κ1) is 19.2. The number of aromatic nitrogens is 3. The Balaban J connectivity index is 1.51. The van der Waals surface area contributed by atoms with Crippen LogP contribution in [-0.4, -0.2) is 52.2 Å². The normalized spacial score (nSPS) is 16.8. The summed E-state index contributed by atoms with van der Waals surface area (Å²) in [6, 6.07) is 9.78. The minimum atomic E-state index is 0.0260. The van der Waals surface area contributed by atoms with E-state index in [1.54, 1.807) is 37.2 Å². The molecule has 29 heavy (non-hydrogen) atoms. The second kappa shape index (κ2) is 8.51. The van der Waals surface area contributed by atoms with E-state index in [1.807, 2.05) is 23.1 Å². The number of ether oxygens (including phenoxy) is 2. The van der Waals surface area contributed by atoms with Crippen LogP contribution in [-0.2, 0) is 6.42 Å². The number of rotatable bonds is 6. The van der Waals surface area contributed by atoms with Crippen molar-refractivity contribution >= 4 is 11.6 Å². The molecule has 2 aromatic heterocycles. The zero-order valence-corrected chi connectivity index (χ0v) is 16.9. The van der Waals surface area contributed by atoms with Gasteiger partial charge >= 0.3 is 0 Å². The number of aryl methyl sites for hydroxylation is 1. The molecule has 7 nitrogen and oxygen atoms in total. The fraction of sp³-hybridized carbons (Fsp3) is 0.409. The number of hydrogen-bond acceptors (Lipinski definition) is 5. The van der Waals surface area contributed by atoms with Gasteiger partial charge < -0.3 is 14.4 Å². The highest BCUT2D eigenvalue weighted by molar-refractivity contribution is 5.93. The first-order valence-corrected chi connectivity index (χ1v) is 10.0. The predicted molar refractivity (Wildman–Crippen MR) is 110 cm³/mol. The Morgan fingerprint density at radius 2 is 1.97 bits per heavy atom. The predicted octanol–water partition coefficient (Wildman–Crippen LogP) is 3.37. The number of nitrogens with zero attached hydrogens (tertiary/aromatic N) is 4. The Labute approximate surface area is 170 Å². The van der Waals surface area contributed by atoms with E-state index >= 15 is 0 Å². The van der Waals surface area contributed by atoms with Crippen LogP contribution in [0.1, 0.15) is 41.7 Å². The number of methoxy groups -OCH3 is 2.